The minimum Gasteiger partial charge on any atom is -0.399 e. The van der Waals surface area contributed by atoms with Crippen molar-refractivity contribution >= 4 is 23.2 Å². The van der Waals surface area contributed by atoms with Gasteiger partial charge in [-0.25, -0.2) is 0 Å². The molecule has 0 heterocycles. The van der Waals surface area contributed by atoms with Crippen molar-refractivity contribution in [2.24, 2.45) is 5.41 Å². The number of anilines is 1. The van der Waals surface area contributed by atoms with Crippen LogP contribution in [0, 0.1) is 5.41 Å². The number of halogens is 1. The molecule has 1 aliphatic rings. The molecule has 0 bridgehead atoms. The van der Waals surface area contributed by atoms with Gasteiger partial charge in [0.15, 0.2) is 0 Å². The van der Waals surface area contributed by atoms with E-state index in [0.717, 1.165) is 12.8 Å². The predicted molar refractivity (Wildman–Crippen MR) is 79.4 cm³/mol. The van der Waals surface area contributed by atoms with Gasteiger partial charge in [-0.15, -0.1) is 0 Å². The van der Waals surface area contributed by atoms with Crippen molar-refractivity contribution < 1.29 is 4.79 Å². The van der Waals surface area contributed by atoms with E-state index in [9.17, 15) is 4.79 Å². The molecule has 1 saturated carbocycles. The molecule has 1 fully saturated rings. The summed E-state index contributed by atoms with van der Waals surface area (Å²) < 4.78 is 0. The normalized spacial score (nSPS) is 21.9. The Balaban J connectivity index is 2.14. The van der Waals surface area contributed by atoms with Crippen molar-refractivity contribution in [3.63, 3.8) is 0 Å². The largest absolute Gasteiger partial charge is 0.399 e. The van der Waals surface area contributed by atoms with Gasteiger partial charge in [0.05, 0.1) is 10.6 Å². The molecule has 4 heteroatoms. The van der Waals surface area contributed by atoms with E-state index in [-0.39, 0.29) is 17.4 Å². The van der Waals surface area contributed by atoms with Crippen molar-refractivity contribution in [1.29, 1.82) is 0 Å². The molecule has 1 atom stereocenters. The van der Waals surface area contributed by atoms with Crippen molar-refractivity contribution in [3.8, 4) is 0 Å². The molecule has 0 aromatic heterocycles. The second-order valence-corrected chi connectivity index (χ2v) is 6.41. The highest BCUT2D eigenvalue weighted by Gasteiger charge is 2.33. The lowest BCUT2D eigenvalue weighted by molar-refractivity contribution is 0.0853. The Morgan fingerprint density at radius 3 is 2.84 bits per heavy atom. The fraction of sp³-hybridized carbons (Fsp3) is 0.533. The molecule has 0 spiro atoms. The average Bonchev–Trinajstić information content (AvgIpc) is 2.34. The van der Waals surface area contributed by atoms with Crippen LogP contribution in [0.5, 0.6) is 0 Å². The van der Waals surface area contributed by atoms with E-state index in [2.05, 4.69) is 19.2 Å². The number of nitrogen functional groups attached to an aromatic ring is 1. The van der Waals surface area contributed by atoms with E-state index in [1.165, 1.54) is 12.8 Å². The van der Waals surface area contributed by atoms with Crippen molar-refractivity contribution in [1.82, 2.24) is 5.32 Å². The molecule has 0 aliphatic heterocycles. The van der Waals surface area contributed by atoms with Gasteiger partial charge in [-0.3, -0.25) is 4.79 Å². The summed E-state index contributed by atoms with van der Waals surface area (Å²) in [6.45, 7) is 4.41. The first-order chi connectivity index (χ1) is 8.90. The Morgan fingerprint density at radius 1 is 1.42 bits per heavy atom. The van der Waals surface area contributed by atoms with Gasteiger partial charge in [-0.2, -0.15) is 0 Å². The summed E-state index contributed by atoms with van der Waals surface area (Å²) >= 11 is 6.06. The van der Waals surface area contributed by atoms with Gasteiger partial charge >= 0.3 is 0 Å². The second kappa shape index (κ2) is 5.41. The molecule has 3 N–H and O–H groups in total. The molecular formula is C15H21ClN2O. The van der Waals surface area contributed by atoms with E-state index < -0.39 is 0 Å². The van der Waals surface area contributed by atoms with Crippen LogP contribution in [-0.4, -0.2) is 11.9 Å². The zero-order valence-electron chi connectivity index (χ0n) is 11.5. The topological polar surface area (TPSA) is 55.1 Å². The third-order valence-corrected chi connectivity index (χ3v) is 4.38. The third-order valence-electron chi connectivity index (χ3n) is 4.05. The summed E-state index contributed by atoms with van der Waals surface area (Å²) in [5, 5.41) is 3.56. The highest BCUT2D eigenvalue weighted by molar-refractivity contribution is 6.34. The lowest BCUT2D eigenvalue weighted by atomic mass is 9.73. The molecule has 0 radical (unpaired) electrons. The van der Waals surface area contributed by atoms with Crippen LogP contribution >= 0.6 is 11.6 Å². The number of benzene rings is 1. The average molecular weight is 281 g/mol. The number of hydrogen-bond donors (Lipinski definition) is 2. The van der Waals surface area contributed by atoms with Crippen molar-refractivity contribution in [2.45, 2.75) is 45.6 Å². The van der Waals surface area contributed by atoms with Gasteiger partial charge in [-0.05, 0) is 36.5 Å². The zero-order chi connectivity index (χ0) is 14.0. The van der Waals surface area contributed by atoms with Gasteiger partial charge in [0.1, 0.15) is 0 Å². The van der Waals surface area contributed by atoms with Crippen LogP contribution in [0.15, 0.2) is 18.2 Å². The van der Waals surface area contributed by atoms with Gasteiger partial charge in [-0.1, -0.05) is 38.3 Å². The molecule has 1 amide bonds. The molecule has 3 nitrogen and oxygen atoms in total. The molecule has 1 aromatic rings. The Labute approximate surface area is 119 Å². The Morgan fingerprint density at radius 2 is 2.16 bits per heavy atom. The summed E-state index contributed by atoms with van der Waals surface area (Å²) in [5.41, 5.74) is 6.87. The predicted octanol–water partition coefficient (Wildman–Crippen LogP) is 3.62. The molecule has 1 aliphatic carbocycles. The quantitative estimate of drug-likeness (QED) is 0.813. The van der Waals surface area contributed by atoms with Crippen LogP contribution in [0.4, 0.5) is 5.69 Å². The van der Waals surface area contributed by atoms with E-state index >= 15 is 0 Å². The maximum atomic E-state index is 12.3. The first-order valence-corrected chi connectivity index (χ1v) is 7.14. The maximum absolute atomic E-state index is 12.3. The van der Waals surface area contributed by atoms with E-state index in [1.807, 2.05) is 0 Å². The fourth-order valence-electron chi connectivity index (χ4n) is 2.71. The molecule has 1 unspecified atom stereocenters. The first kappa shape index (κ1) is 14.2. The van der Waals surface area contributed by atoms with Gasteiger partial charge < -0.3 is 11.1 Å². The van der Waals surface area contributed by atoms with E-state index in [1.54, 1.807) is 18.2 Å². The highest BCUT2D eigenvalue weighted by atomic mass is 35.5. The molecular weight excluding hydrogens is 260 g/mol. The number of nitrogens with one attached hydrogen (secondary N) is 1. The molecule has 2 rings (SSSR count). The van der Waals surface area contributed by atoms with Crippen molar-refractivity contribution in [3.05, 3.63) is 28.8 Å². The molecule has 19 heavy (non-hydrogen) atoms. The molecule has 0 saturated heterocycles. The van der Waals surface area contributed by atoms with E-state index in [4.69, 9.17) is 17.3 Å². The zero-order valence-corrected chi connectivity index (χ0v) is 12.3. The summed E-state index contributed by atoms with van der Waals surface area (Å²) in [5.74, 6) is -0.128. The summed E-state index contributed by atoms with van der Waals surface area (Å²) in [6, 6.07) is 5.20. The van der Waals surface area contributed by atoms with Crippen LogP contribution in [0.3, 0.4) is 0 Å². The number of hydrogen-bond acceptors (Lipinski definition) is 2. The molecule has 1 aromatic carbocycles. The number of carbonyl (C=O) groups is 1. The number of amides is 1. The summed E-state index contributed by atoms with van der Waals surface area (Å²) in [6.07, 6.45) is 4.57. The SMILES string of the molecule is CC1(C)CCCCC1NC(=O)c1cc(N)ccc1Cl. The number of rotatable bonds is 2. The van der Waals surface area contributed by atoms with Crippen molar-refractivity contribution in [2.75, 3.05) is 5.73 Å². The lowest BCUT2D eigenvalue weighted by Crippen LogP contribution is -2.46. The van der Waals surface area contributed by atoms with Gasteiger partial charge in [0, 0.05) is 11.7 Å². The monoisotopic (exact) mass is 280 g/mol. The van der Waals surface area contributed by atoms with Crippen LogP contribution in [0.2, 0.25) is 5.02 Å². The standard InChI is InChI=1S/C15H21ClN2O/c1-15(2)8-4-3-5-13(15)18-14(19)11-9-10(17)6-7-12(11)16/h6-7,9,13H,3-5,8,17H2,1-2H3,(H,18,19). The Kier molecular flexibility index (Phi) is 4.04. The second-order valence-electron chi connectivity index (χ2n) is 6.00. The maximum Gasteiger partial charge on any atom is 0.253 e. The number of nitrogens with two attached hydrogens (primary N) is 1. The summed E-state index contributed by atoms with van der Waals surface area (Å²) in [7, 11) is 0. The fourth-order valence-corrected chi connectivity index (χ4v) is 2.92. The Bertz CT molecular complexity index is 485. The number of carbonyl (C=O) groups excluding carboxylic acids is 1. The van der Waals surface area contributed by atoms with E-state index in [0.29, 0.717) is 16.3 Å². The van der Waals surface area contributed by atoms with Crippen LogP contribution < -0.4 is 11.1 Å². The minimum atomic E-state index is -0.128. The van der Waals surface area contributed by atoms with Gasteiger partial charge in [0.25, 0.3) is 5.91 Å². The van der Waals surface area contributed by atoms with Crippen LogP contribution in [-0.2, 0) is 0 Å². The van der Waals surface area contributed by atoms with Gasteiger partial charge in [0.2, 0.25) is 0 Å². The smallest absolute Gasteiger partial charge is 0.253 e. The summed E-state index contributed by atoms with van der Waals surface area (Å²) in [4.78, 5) is 12.3. The third kappa shape index (κ3) is 3.21. The van der Waals surface area contributed by atoms with Crippen LogP contribution in [0.1, 0.15) is 49.9 Å². The first-order valence-electron chi connectivity index (χ1n) is 6.76. The molecule has 104 valence electrons. The lowest BCUT2D eigenvalue weighted by Gasteiger charge is -2.39. The highest BCUT2D eigenvalue weighted by Crippen LogP contribution is 2.35. The van der Waals surface area contributed by atoms with Crippen LogP contribution in [0.25, 0.3) is 0 Å². The minimum absolute atomic E-state index is 0.128. The Hall–Kier alpha value is -1.22.